The number of nitrogens with zero attached hydrogens (tertiary/aromatic N) is 1. The molecule has 0 spiro atoms. The number of rotatable bonds is 3. The number of thiophene rings is 1. The van der Waals surface area contributed by atoms with Crippen molar-refractivity contribution in [2.45, 2.75) is 31.6 Å². The summed E-state index contributed by atoms with van der Waals surface area (Å²) in [6.07, 6.45) is 2.26. The fourth-order valence-corrected chi connectivity index (χ4v) is 4.40. The third-order valence-electron chi connectivity index (χ3n) is 4.75. The topological polar surface area (TPSA) is 50.8 Å². The summed E-state index contributed by atoms with van der Waals surface area (Å²) in [7, 11) is 0. The molecule has 2 atom stereocenters. The third kappa shape index (κ3) is 3.27. The molecule has 1 aromatic heterocycles. The van der Waals surface area contributed by atoms with Crippen LogP contribution in [0.25, 0.3) is 10.1 Å². The van der Waals surface area contributed by atoms with Crippen molar-refractivity contribution in [2.24, 2.45) is 0 Å². The van der Waals surface area contributed by atoms with Crippen LogP contribution in [0.3, 0.4) is 0 Å². The number of carbonyl (C=O) groups is 1. The van der Waals surface area contributed by atoms with E-state index in [1.54, 1.807) is 11.3 Å². The molecular weight excluding hydrogens is 324 g/mol. The summed E-state index contributed by atoms with van der Waals surface area (Å²) in [5.41, 5.74) is 1.17. The van der Waals surface area contributed by atoms with E-state index in [2.05, 4.69) is 22.8 Å². The molecule has 4 rings (SSSR count). The lowest BCUT2D eigenvalue weighted by Gasteiger charge is -2.35. The average molecular weight is 346 g/mol. The Balaban J connectivity index is 1.35. The van der Waals surface area contributed by atoms with Crippen molar-refractivity contribution < 1.29 is 14.3 Å². The lowest BCUT2D eigenvalue weighted by atomic mass is 10.1. The minimum absolute atomic E-state index is 0.00831. The molecular formula is C18H22N2O3S. The Hall–Kier alpha value is -1.63. The van der Waals surface area contributed by atoms with Crippen molar-refractivity contribution >= 4 is 27.5 Å². The van der Waals surface area contributed by atoms with Crippen LogP contribution < -0.4 is 5.32 Å². The van der Waals surface area contributed by atoms with E-state index in [0.29, 0.717) is 26.2 Å². The summed E-state index contributed by atoms with van der Waals surface area (Å²) in [6.45, 7) is 3.20. The van der Waals surface area contributed by atoms with Crippen LogP contribution in [0.4, 0.5) is 4.79 Å². The molecule has 0 aliphatic carbocycles. The molecule has 0 radical (unpaired) electrons. The molecule has 0 saturated carbocycles. The van der Waals surface area contributed by atoms with E-state index in [0.717, 1.165) is 19.4 Å². The van der Waals surface area contributed by atoms with Gasteiger partial charge in [0.25, 0.3) is 0 Å². The number of carbonyl (C=O) groups excluding carboxylic acids is 1. The zero-order chi connectivity index (χ0) is 16.4. The predicted octanol–water partition coefficient (Wildman–Crippen LogP) is 2.99. The maximum absolute atomic E-state index is 12.5. The summed E-state index contributed by atoms with van der Waals surface area (Å²) < 4.78 is 12.8. The summed E-state index contributed by atoms with van der Waals surface area (Å²) >= 11 is 1.72. The van der Waals surface area contributed by atoms with Gasteiger partial charge in [-0.2, -0.15) is 0 Å². The highest BCUT2D eigenvalue weighted by molar-refractivity contribution is 7.17. The molecule has 128 valence electrons. The number of benzene rings is 1. The van der Waals surface area contributed by atoms with Crippen molar-refractivity contribution in [1.29, 1.82) is 0 Å². The summed E-state index contributed by atoms with van der Waals surface area (Å²) in [5.74, 6) is 0. The van der Waals surface area contributed by atoms with Crippen LogP contribution >= 0.6 is 11.3 Å². The van der Waals surface area contributed by atoms with E-state index in [4.69, 9.17) is 9.47 Å². The van der Waals surface area contributed by atoms with Gasteiger partial charge in [0.15, 0.2) is 0 Å². The van der Waals surface area contributed by atoms with Gasteiger partial charge < -0.3 is 19.7 Å². The molecule has 6 heteroatoms. The van der Waals surface area contributed by atoms with Gasteiger partial charge in [0.1, 0.15) is 6.10 Å². The predicted molar refractivity (Wildman–Crippen MR) is 94.3 cm³/mol. The summed E-state index contributed by atoms with van der Waals surface area (Å²) in [4.78, 5) is 14.4. The molecule has 0 unspecified atom stereocenters. The van der Waals surface area contributed by atoms with Crippen LogP contribution in [0.2, 0.25) is 0 Å². The molecule has 0 bridgehead atoms. The Morgan fingerprint density at radius 3 is 3.00 bits per heavy atom. The zero-order valence-corrected chi connectivity index (χ0v) is 14.4. The number of morpholine rings is 1. The Labute approximate surface area is 145 Å². The molecule has 1 aromatic carbocycles. The first-order valence-corrected chi connectivity index (χ1v) is 9.40. The number of urea groups is 1. The van der Waals surface area contributed by atoms with Crippen LogP contribution in [-0.4, -0.2) is 49.4 Å². The fraction of sp³-hybridized carbons (Fsp3) is 0.500. The molecule has 2 amide bonds. The van der Waals surface area contributed by atoms with Crippen LogP contribution in [-0.2, 0) is 16.0 Å². The maximum Gasteiger partial charge on any atom is 0.317 e. The first kappa shape index (κ1) is 15.9. The molecule has 2 saturated heterocycles. The van der Waals surface area contributed by atoms with E-state index in [1.165, 1.54) is 15.6 Å². The van der Waals surface area contributed by atoms with Crippen molar-refractivity contribution in [3.8, 4) is 0 Å². The van der Waals surface area contributed by atoms with Crippen LogP contribution in [0.15, 0.2) is 29.6 Å². The largest absolute Gasteiger partial charge is 0.375 e. The minimum Gasteiger partial charge on any atom is -0.375 e. The lowest BCUT2D eigenvalue weighted by molar-refractivity contribution is -0.0849. The quantitative estimate of drug-likeness (QED) is 0.929. The first-order chi connectivity index (χ1) is 11.8. The highest BCUT2D eigenvalue weighted by atomic mass is 32.1. The van der Waals surface area contributed by atoms with Gasteiger partial charge in [-0.25, -0.2) is 4.79 Å². The number of hydrogen-bond donors (Lipinski definition) is 1. The second kappa shape index (κ2) is 7.09. The van der Waals surface area contributed by atoms with Gasteiger partial charge in [-0.1, -0.05) is 18.2 Å². The smallest absolute Gasteiger partial charge is 0.317 e. The van der Waals surface area contributed by atoms with Gasteiger partial charge in [0.05, 0.1) is 19.3 Å². The minimum atomic E-state index is -0.0171. The van der Waals surface area contributed by atoms with Gasteiger partial charge in [-0.3, -0.25) is 0 Å². The first-order valence-electron chi connectivity index (χ1n) is 8.52. The second-order valence-corrected chi connectivity index (χ2v) is 7.23. The van der Waals surface area contributed by atoms with Gasteiger partial charge in [-0.05, 0) is 35.2 Å². The van der Waals surface area contributed by atoms with Crippen molar-refractivity contribution in [3.05, 3.63) is 35.2 Å². The number of nitrogens with one attached hydrogen (secondary N) is 1. The maximum atomic E-state index is 12.5. The number of fused-ring (bicyclic) bond motifs is 1. The standard InChI is InChI=1S/C18H22N2O3S/c21-18(19-10-13-12-24-17-6-2-1-4-14(13)17)20-7-9-23-16(11-20)15-5-3-8-22-15/h1-2,4,6,12,15-16H,3,5,7-11H2,(H,19,21)/t15-,16+/m1/s1. The van der Waals surface area contributed by atoms with Crippen molar-refractivity contribution in [1.82, 2.24) is 10.2 Å². The molecule has 2 fully saturated rings. The number of amides is 2. The van der Waals surface area contributed by atoms with E-state index >= 15 is 0 Å². The van der Waals surface area contributed by atoms with E-state index < -0.39 is 0 Å². The van der Waals surface area contributed by atoms with Gasteiger partial charge in [0, 0.05) is 24.4 Å². The van der Waals surface area contributed by atoms with Crippen molar-refractivity contribution in [3.63, 3.8) is 0 Å². The Morgan fingerprint density at radius 2 is 2.12 bits per heavy atom. The molecule has 2 aliphatic heterocycles. The molecule has 5 nitrogen and oxygen atoms in total. The van der Waals surface area contributed by atoms with E-state index in [-0.39, 0.29) is 18.2 Å². The van der Waals surface area contributed by atoms with Crippen LogP contribution in [0.1, 0.15) is 18.4 Å². The molecule has 3 heterocycles. The summed E-state index contributed by atoms with van der Waals surface area (Å²) in [5, 5.41) is 6.40. The SMILES string of the molecule is O=C(NCc1csc2ccccc12)N1CCO[C@H]([C@H]2CCCO2)C1. The van der Waals surface area contributed by atoms with Crippen molar-refractivity contribution in [2.75, 3.05) is 26.3 Å². The highest BCUT2D eigenvalue weighted by Crippen LogP contribution is 2.25. The van der Waals surface area contributed by atoms with E-state index in [1.807, 2.05) is 17.0 Å². The van der Waals surface area contributed by atoms with Gasteiger partial charge in [0.2, 0.25) is 0 Å². The van der Waals surface area contributed by atoms with E-state index in [9.17, 15) is 4.79 Å². The van der Waals surface area contributed by atoms with Crippen LogP contribution in [0.5, 0.6) is 0 Å². The number of hydrogen-bond acceptors (Lipinski definition) is 4. The second-order valence-electron chi connectivity index (χ2n) is 6.32. The Bertz CT molecular complexity index is 711. The molecule has 2 aliphatic rings. The number of ether oxygens (including phenoxy) is 2. The molecule has 24 heavy (non-hydrogen) atoms. The van der Waals surface area contributed by atoms with Gasteiger partial charge >= 0.3 is 6.03 Å². The molecule has 1 N–H and O–H groups in total. The average Bonchev–Trinajstić information content (AvgIpc) is 3.30. The van der Waals surface area contributed by atoms with Crippen LogP contribution in [0, 0.1) is 0 Å². The summed E-state index contributed by atoms with van der Waals surface area (Å²) in [6, 6.07) is 8.28. The van der Waals surface area contributed by atoms with Gasteiger partial charge in [-0.15, -0.1) is 11.3 Å². The zero-order valence-electron chi connectivity index (χ0n) is 13.6. The fourth-order valence-electron chi connectivity index (χ4n) is 3.43. The normalized spacial score (nSPS) is 24.4. The monoisotopic (exact) mass is 346 g/mol. The third-order valence-corrected chi connectivity index (χ3v) is 5.76. The molecule has 2 aromatic rings. The Morgan fingerprint density at radius 1 is 1.25 bits per heavy atom. The highest BCUT2D eigenvalue weighted by Gasteiger charge is 2.32. The lowest BCUT2D eigenvalue weighted by Crippen LogP contribution is -2.52. The Kier molecular flexibility index (Phi) is 4.69.